The number of nitrogens with one attached hydrogen (secondary N) is 1. The molecule has 7 nitrogen and oxygen atoms in total. The van der Waals surface area contributed by atoms with Crippen LogP contribution in [0.4, 0.5) is 0 Å². The minimum atomic E-state index is -0.590. The van der Waals surface area contributed by atoms with E-state index in [-0.39, 0.29) is 23.6 Å². The van der Waals surface area contributed by atoms with Crippen molar-refractivity contribution in [2.24, 2.45) is 0 Å². The second-order valence-corrected chi connectivity index (χ2v) is 8.58. The molecule has 0 aliphatic carbocycles. The van der Waals surface area contributed by atoms with E-state index in [2.05, 4.69) is 15.5 Å². The Bertz CT molecular complexity index is 1010. The van der Waals surface area contributed by atoms with Crippen LogP contribution in [-0.4, -0.2) is 44.0 Å². The fourth-order valence-corrected chi connectivity index (χ4v) is 4.84. The Morgan fingerprint density at radius 3 is 2.82 bits per heavy atom. The van der Waals surface area contributed by atoms with Gasteiger partial charge in [-0.1, -0.05) is 34.4 Å². The van der Waals surface area contributed by atoms with Crippen molar-refractivity contribution in [2.45, 2.75) is 31.7 Å². The van der Waals surface area contributed by atoms with E-state index in [1.54, 1.807) is 41.8 Å². The quantitative estimate of drug-likeness (QED) is 0.737. The average molecular weight is 439 g/mol. The molecule has 2 aliphatic heterocycles. The molecule has 0 spiro atoms. The molecule has 1 saturated heterocycles. The number of β-lactam (4-membered cyclic amide) rings is 1. The van der Waals surface area contributed by atoms with Crippen molar-refractivity contribution in [2.75, 3.05) is 5.75 Å². The molecule has 2 aromatic rings. The van der Waals surface area contributed by atoms with E-state index in [0.717, 1.165) is 11.1 Å². The molecule has 0 saturated carbocycles. The van der Waals surface area contributed by atoms with E-state index in [1.807, 2.05) is 6.92 Å². The van der Waals surface area contributed by atoms with Gasteiger partial charge in [-0.2, -0.15) is 4.98 Å². The first-order chi connectivity index (χ1) is 13.3. The topological polar surface area (TPSA) is 88.3 Å². The number of halogens is 2. The van der Waals surface area contributed by atoms with Gasteiger partial charge < -0.3 is 9.84 Å². The molecular formula is C18H16Cl2N4O3S. The van der Waals surface area contributed by atoms with Crippen LogP contribution in [0.15, 0.2) is 28.3 Å². The van der Waals surface area contributed by atoms with Gasteiger partial charge in [-0.3, -0.25) is 14.5 Å². The zero-order chi connectivity index (χ0) is 20.0. The van der Waals surface area contributed by atoms with Crippen molar-refractivity contribution >= 4 is 52.5 Å². The molecule has 4 rings (SSSR count). The molecule has 2 amide bonds. The zero-order valence-corrected chi connectivity index (χ0v) is 17.4. The summed E-state index contributed by atoms with van der Waals surface area (Å²) < 4.78 is 5.26. The maximum Gasteiger partial charge on any atom is 0.274 e. The minimum absolute atomic E-state index is 0.114. The lowest BCUT2D eigenvalue weighted by Gasteiger charge is -2.49. The molecule has 10 heteroatoms. The zero-order valence-electron chi connectivity index (χ0n) is 15.0. The first kappa shape index (κ1) is 19.3. The van der Waals surface area contributed by atoms with Gasteiger partial charge >= 0.3 is 0 Å². The summed E-state index contributed by atoms with van der Waals surface area (Å²) >= 11 is 13.5. The number of aryl methyl sites for hydroxylation is 1. The van der Waals surface area contributed by atoms with Crippen molar-refractivity contribution in [1.82, 2.24) is 20.4 Å². The van der Waals surface area contributed by atoms with E-state index in [4.69, 9.17) is 27.7 Å². The summed E-state index contributed by atoms with van der Waals surface area (Å²) in [6.45, 7) is 3.66. The largest absolute Gasteiger partial charge is 0.341 e. The average Bonchev–Trinajstić information content (AvgIpc) is 3.08. The molecular weight excluding hydrogens is 423 g/mol. The number of hydrogen-bond acceptors (Lipinski definition) is 6. The lowest BCUT2D eigenvalue weighted by molar-refractivity contribution is -0.143. The van der Waals surface area contributed by atoms with Crippen LogP contribution in [0.25, 0.3) is 5.70 Å². The van der Waals surface area contributed by atoms with Crippen molar-refractivity contribution in [3.05, 3.63) is 51.1 Å². The number of carbonyl (C=O) groups excluding carboxylic acids is 2. The monoisotopic (exact) mass is 438 g/mol. The third-order valence-electron chi connectivity index (χ3n) is 4.55. The number of amides is 2. The van der Waals surface area contributed by atoms with Gasteiger partial charge in [0.1, 0.15) is 17.1 Å². The highest BCUT2D eigenvalue weighted by atomic mass is 35.5. The molecule has 3 heterocycles. The number of nitrogens with zero attached hydrogens (tertiary/aromatic N) is 3. The highest BCUT2D eigenvalue weighted by Gasteiger charge is 2.53. The van der Waals surface area contributed by atoms with Crippen LogP contribution in [0.2, 0.25) is 10.0 Å². The summed E-state index contributed by atoms with van der Waals surface area (Å²) in [6.07, 6.45) is 0.114. The molecule has 1 aromatic heterocycles. The predicted octanol–water partition coefficient (Wildman–Crippen LogP) is 3.06. The molecule has 2 unspecified atom stereocenters. The third-order valence-corrected chi connectivity index (χ3v) is 6.72. The van der Waals surface area contributed by atoms with Crippen LogP contribution in [0.1, 0.15) is 24.2 Å². The van der Waals surface area contributed by atoms with E-state index >= 15 is 0 Å². The number of aromatic nitrogens is 2. The lowest BCUT2D eigenvalue weighted by atomic mass is 10.0. The summed E-state index contributed by atoms with van der Waals surface area (Å²) in [7, 11) is 0. The lowest BCUT2D eigenvalue weighted by Crippen LogP contribution is -2.69. The van der Waals surface area contributed by atoms with Gasteiger partial charge in [-0.05, 0) is 37.1 Å². The molecule has 0 bridgehead atoms. The number of rotatable bonds is 4. The van der Waals surface area contributed by atoms with Gasteiger partial charge in [0.05, 0.1) is 16.5 Å². The Kier molecular flexibility index (Phi) is 5.11. The van der Waals surface area contributed by atoms with Crippen LogP contribution in [0.3, 0.4) is 0 Å². The number of hydrogen-bond donors (Lipinski definition) is 1. The van der Waals surface area contributed by atoms with Gasteiger partial charge in [0.2, 0.25) is 5.91 Å². The Morgan fingerprint density at radius 1 is 1.36 bits per heavy atom. The Hall–Kier alpha value is -2.03. The summed E-state index contributed by atoms with van der Waals surface area (Å²) in [4.78, 5) is 31.1. The second kappa shape index (κ2) is 7.42. The standard InChI is InChI=1S/C18H16Cl2N4O3S/c1-8-7-28-18-14(17(26)24(18)15(8)16-21-9(2)23-27-16)22-13(25)6-10-3-4-11(19)12(20)5-10/h3-5,14,18H,6-7H2,1-2H3,(H,22,25). The van der Waals surface area contributed by atoms with E-state index in [9.17, 15) is 9.59 Å². The van der Waals surface area contributed by atoms with Crippen LogP contribution < -0.4 is 5.32 Å². The first-order valence-electron chi connectivity index (χ1n) is 8.53. The van der Waals surface area contributed by atoms with Crippen LogP contribution >= 0.6 is 35.0 Å². The molecule has 0 radical (unpaired) electrons. The number of thioether (sulfide) groups is 1. The number of carbonyl (C=O) groups is 2. The fraction of sp³-hybridized carbons (Fsp3) is 0.333. The normalized spacial score (nSPS) is 21.4. The molecule has 28 heavy (non-hydrogen) atoms. The molecule has 2 atom stereocenters. The molecule has 1 aromatic carbocycles. The van der Waals surface area contributed by atoms with Crippen molar-refractivity contribution in [1.29, 1.82) is 0 Å². The Labute approximate surface area is 175 Å². The highest BCUT2D eigenvalue weighted by molar-refractivity contribution is 8.00. The maximum atomic E-state index is 12.8. The predicted molar refractivity (Wildman–Crippen MR) is 107 cm³/mol. The van der Waals surface area contributed by atoms with Crippen molar-refractivity contribution in [3.63, 3.8) is 0 Å². The van der Waals surface area contributed by atoms with Crippen molar-refractivity contribution < 1.29 is 14.1 Å². The summed E-state index contributed by atoms with van der Waals surface area (Å²) in [6, 6.07) is 4.44. The van der Waals surface area contributed by atoms with Gasteiger partial charge in [0.15, 0.2) is 5.82 Å². The first-order valence-corrected chi connectivity index (χ1v) is 10.3. The molecule has 1 fully saturated rings. The van der Waals surface area contributed by atoms with Crippen LogP contribution in [0, 0.1) is 6.92 Å². The Balaban J connectivity index is 1.46. The van der Waals surface area contributed by atoms with E-state index in [0.29, 0.717) is 33.2 Å². The SMILES string of the molecule is CC1=C(c2nc(C)no2)N2C(=O)C(NC(=O)Cc3ccc(Cl)c(Cl)c3)C2SC1. The summed E-state index contributed by atoms with van der Waals surface area (Å²) in [5.41, 5.74) is 2.35. The smallest absolute Gasteiger partial charge is 0.274 e. The van der Waals surface area contributed by atoms with Crippen LogP contribution in [0.5, 0.6) is 0 Å². The summed E-state index contributed by atoms with van der Waals surface area (Å²) in [5.74, 6) is 1.10. The second-order valence-electron chi connectivity index (χ2n) is 6.66. The van der Waals surface area contributed by atoms with Gasteiger partial charge in [-0.25, -0.2) is 0 Å². The fourth-order valence-electron chi connectivity index (χ4n) is 3.23. The van der Waals surface area contributed by atoms with E-state index in [1.165, 1.54) is 0 Å². The number of benzene rings is 1. The molecule has 146 valence electrons. The van der Waals surface area contributed by atoms with Crippen molar-refractivity contribution in [3.8, 4) is 0 Å². The van der Waals surface area contributed by atoms with Gasteiger partial charge in [0.25, 0.3) is 11.8 Å². The highest BCUT2D eigenvalue weighted by Crippen LogP contribution is 2.43. The minimum Gasteiger partial charge on any atom is -0.341 e. The number of fused-ring (bicyclic) bond motifs is 1. The third kappa shape index (κ3) is 3.40. The maximum absolute atomic E-state index is 12.8. The molecule has 1 N–H and O–H groups in total. The van der Waals surface area contributed by atoms with E-state index < -0.39 is 6.04 Å². The summed E-state index contributed by atoms with van der Waals surface area (Å²) in [5, 5.41) is 7.25. The molecule has 2 aliphatic rings. The van der Waals surface area contributed by atoms with Gasteiger partial charge in [0, 0.05) is 5.75 Å². The van der Waals surface area contributed by atoms with Crippen LogP contribution in [-0.2, 0) is 16.0 Å². The van der Waals surface area contributed by atoms with Gasteiger partial charge in [-0.15, -0.1) is 11.8 Å². The Morgan fingerprint density at radius 2 is 2.14 bits per heavy atom.